The van der Waals surface area contributed by atoms with Crippen LogP contribution in [0.3, 0.4) is 0 Å². The van der Waals surface area contributed by atoms with Crippen LogP contribution >= 0.6 is 0 Å². The van der Waals surface area contributed by atoms with Gasteiger partial charge in [-0.3, -0.25) is 0 Å². The maximum absolute atomic E-state index is 8.56. The first-order chi connectivity index (χ1) is 9.81. The molecule has 0 saturated carbocycles. The summed E-state index contributed by atoms with van der Waals surface area (Å²) in [5.41, 5.74) is 1.17. The fourth-order valence-corrected chi connectivity index (χ4v) is 0.672. The van der Waals surface area contributed by atoms with E-state index in [4.69, 9.17) is 36.4 Å². The SMILES string of the molecule is C#CCC=C.C=Cc1ccccc1.O=C(O)O.O=C(O)O. The van der Waals surface area contributed by atoms with Crippen molar-refractivity contribution in [3.8, 4) is 12.3 Å². The molecule has 0 aliphatic heterocycles. The minimum absolute atomic E-state index is 0.681. The van der Waals surface area contributed by atoms with Crippen LogP contribution < -0.4 is 0 Å². The third kappa shape index (κ3) is 47.5. The Balaban J connectivity index is -0.000000219. The van der Waals surface area contributed by atoms with Crippen LogP contribution in [0.25, 0.3) is 6.08 Å². The van der Waals surface area contributed by atoms with Gasteiger partial charge < -0.3 is 20.4 Å². The first kappa shape index (κ1) is 22.9. The number of carboxylic acid groups (broad SMARTS) is 4. The molecule has 0 amide bonds. The number of allylic oxidation sites excluding steroid dienone is 1. The van der Waals surface area contributed by atoms with Gasteiger partial charge in [-0.1, -0.05) is 49.1 Å². The Morgan fingerprint density at radius 3 is 1.57 bits per heavy atom. The number of benzene rings is 1. The average Bonchev–Trinajstić information content (AvgIpc) is 2.40. The molecule has 0 fully saturated rings. The maximum Gasteiger partial charge on any atom is 0.503 e. The van der Waals surface area contributed by atoms with Crippen LogP contribution in [-0.2, 0) is 0 Å². The highest BCUT2D eigenvalue weighted by Crippen LogP contribution is 1.97. The first-order valence-electron chi connectivity index (χ1n) is 5.37. The highest BCUT2D eigenvalue weighted by Gasteiger charge is 1.75. The van der Waals surface area contributed by atoms with Gasteiger partial charge in [-0.15, -0.1) is 18.9 Å². The van der Waals surface area contributed by atoms with Crippen molar-refractivity contribution in [2.75, 3.05) is 0 Å². The summed E-state index contributed by atoms with van der Waals surface area (Å²) in [6, 6.07) is 10.0. The third-order valence-electron chi connectivity index (χ3n) is 1.30. The molecule has 0 radical (unpaired) electrons. The molecule has 0 saturated heterocycles. The lowest BCUT2D eigenvalue weighted by Crippen LogP contribution is -1.81. The van der Waals surface area contributed by atoms with Crippen molar-refractivity contribution in [3.63, 3.8) is 0 Å². The lowest BCUT2D eigenvalue weighted by molar-refractivity contribution is 0.135. The van der Waals surface area contributed by atoms with E-state index in [1.807, 2.05) is 36.4 Å². The Morgan fingerprint density at radius 2 is 1.43 bits per heavy atom. The smallest absolute Gasteiger partial charge is 0.450 e. The van der Waals surface area contributed by atoms with Crippen LogP contribution in [0.1, 0.15) is 12.0 Å². The second-order valence-electron chi connectivity index (χ2n) is 2.88. The van der Waals surface area contributed by atoms with E-state index in [0.717, 1.165) is 0 Å². The molecule has 114 valence electrons. The van der Waals surface area contributed by atoms with E-state index in [1.165, 1.54) is 5.56 Å². The molecule has 0 bridgehead atoms. The molecule has 0 aromatic heterocycles. The molecule has 4 N–H and O–H groups in total. The van der Waals surface area contributed by atoms with Gasteiger partial charge in [0.1, 0.15) is 0 Å². The van der Waals surface area contributed by atoms with Gasteiger partial charge in [-0.25, -0.2) is 9.59 Å². The van der Waals surface area contributed by atoms with Crippen LogP contribution in [0.15, 0.2) is 49.6 Å². The highest BCUT2D eigenvalue weighted by atomic mass is 16.6. The van der Waals surface area contributed by atoms with Gasteiger partial charge in [0.2, 0.25) is 0 Å². The molecular formula is C15H18O6. The van der Waals surface area contributed by atoms with E-state index in [-0.39, 0.29) is 0 Å². The van der Waals surface area contributed by atoms with Crippen molar-refractivity contribution in [2.24, 2.45) is 0 Å². The molecular weight excluding hydrogens is 276 g/mol. The van der Waals surface area contributed by atoms with Gasteiger partial charge in [0.05, 0.1) is 0 Å². The number of rotatable bonds is 2. The van der Waals surface area contributed by atoms with Gasteiger partial charge in [-0.05, 0) is 5.56 Å². The van der Waals surface area contributed by atoms with E-state index in [9.17, 15) is 0 Å². The molecule has 6 heteroatoms. The molecule has 0 aliphatic carbocycles. The lowest BCUT2D eigenvalue weighted by Gasteiger charge is -1.85. The topological polar surface area (TPSA) is 115 Å². The molecule has 1 rings (SSSR count). The van der Waals surface area contributed by atoms with Crippen molar-refractivity contribution in [3.05, 3.63) is 55.1 Å². The zero-order valence-corrected chi connectivity index (χ0v) is 11.3. The van der Waals surface area contributed by atoms with E-state index < -0.39 is 12.3 Å². The van der Waals surface area contributed by atoms with E-state index >= 15 is 0 Å². The zero-order valence-electron chi connectivity index (χ0n) is 11.3. The molecule has 0 heterocycles. The summed E-state index contributed by atoms with van der Waals surface area (Å²) in [6.07, 6.45) is 5.36. The Labute approximate surface area is 123 Å². The fraction of sp³-hybridized carbons (Fsp3) is 0.0667. The monoisotopic (exact) mass is 294 g/mol. The van der Waals surface area contributed by atoms with Gasteiger partial charge in [-0.2, -0.15) is 0 Å². The summed E-state index contributed by atoms with van der Waals surface area (Å²) in [7, 11) is 0. The van der Waals surface area contributed by atoms with Gasteiger partial charge in [0, 0.05) is 6.42 Å². The molecule has 0 spiro atoms. The molecule has 6 nitrogen and oxygen atoms in total. The van der Waals surface area contributed by atoms with Crippen LogP contribution in [0.4, 0.5) is 9.59 Å². The zero-order chi connectivity index (χ0) is 17.1. The average molecular weight is 294 g/mol. The standard InChI is InChI=1S/C8H8.C5H6.2CH2O3/c1-2-8-6-4-3-5-7-8;1-3-5-4-2;2*2-1(3)4/h2-7H,1H2;1,4H,2,5H2;2*(H2,2,3,4). The van der Waals surface area contributed by atoms with Gasteiger partial charge in [0.25, 0.3) is 0 Å². The second kappa shape index (κ2) is 19.1. The lowest BCUT2D eigenvalue weighted by atomic mass is 10.2. The molecule has 0 atom stereocenters. The van der Waals surface area contributed by atoms with Crippen LogP contribution in [0, 0.1) is 12.3 Å². The molecule has 0 aliphatic rings. The van der Waals surface area contributed by atoms with Crippen LogP contribution in [0.5, 0.6) is 0 Å². The maximum atomic E-state index is 8.56. The summed E-state index contributed by atoms with van der Waals surface area (Å²) in [4.78, 5) is 17.1. The Bertz CT molecular complexity index is 425. The molecule has 0 unspecified atom stereocenters. The summed E-state index contributed by atoms with van der Waals surface area (Å²) < 4.78 is 0. The Hall–Kier alpha value is -3.20. The molecule has 1 aromatic rings. The Kier molecular flexibility index (Phi) is 20.9. The largest absolute Gasteiger partial charge is 0.503 e. The Morgan fingerprint density at radius 1 is 1.05 bits per heavy atom. The minimum atomic E-state index is -1.83. The number of terminal acetylenes is 1. The predicted octanol–water partition coefficient (Wildman–Crippen LogP) is 3.97. The van der Waals surface area contributed by atoms with Crippen molar-refractivity contribution in [1.29, 1.82) is 0 Å². The van der Waals surface area contributed by atoms with Gasteiger partial charge >= 0.3 is 12.3 Å². The van der Waals surface area contributed by atoms with Crippen LogP contribution in [0.2, 0.25) is 0 Å². The van der Waals surface area contributed by atoms with E-state index in [1.54, 1.807) is 6.08 Å². The quantitative estimate of drug-likeness (QED) is 0.484. The first-order valence-corrected chi connectivity index (χ1v) is 5.37. The normalized spacial score (nSPS) is 6.81. The van der Waals surface area contributed by atoms with Gasteiger partial charge in [0.15, 0.2) is 0 Å². The number of carbonyl (C=O) groups is 2. The van der Waals surface area contributed by atoms with Crippen molar-refractivity contribution < 1.29 is 30.0 Å². The van der Waals surface area contributed by atoms with E-state index in [0.29, 0.717) is 6.42 Å². The van der Waals surface area contributed by atoms with Crippen molar-refractivity contribution >= 4 is 18.4 Å². The summed E-state index contributed by atoms with van der Waals surface area (Å²) in [5.74, 6) is 2.40. The molecule has 21 heavy (non-hydrogen) atoms. The van der Waals surface area contributed by atoms with Crippen molar-refractivity contribution in [1.82, 2.24) is 0 Å². The second-order valence-corrected chi connectivity index (χ2v) is 2.88. The number of hydrogen-bond acceptors (Lipinski definition) is 2. The summed E-state index contributed by atoms with van der Waals surface area (Å²) >= 11 is 0. The van der Waals surface area contributed by atoms with Crippen molar-refractivity contribution in [2.45, 2.75) is 6.42 Å². The van der Waals surface area contributed by atoms with E-state index in [2.05, 4.69) is 19.1 Å². The van der Waals surface area contributed by atoms with Crippen LogP contribution in [-0.4, -0.2) is 32.7 Å². The minimum Gasteiger partial charge on any atom is -0.450 e. The molecule has 1 aromatic carbocycles. The number of hydrogen-bond donors (Lipinski definition) is 4. The third-order valence-corrected chi connectivity index (χ3v) is 1.30. The summed E-state index contributed by atoms with van der Waals surface area (Å²) in [5, 5.41) is 27.9. The fourth-order valence-electron chi connectivity index (χ4n) is 0.672. The summed E-state index contributed by atoms with van der Waals surface area (Å²) in [6.45, 7) is 7.04. The highest BCUT2D eigenvalue weighted by molar-refractivity contribution is 5.53. The predicted molar refractivity (Wildman–Crippen MR) is 81.5 cm³/mol.